The fourth-order valence-corrected chi connectivity index (χ4v) is 3.33. The lowest BCUT2D eigenvalue weighted by Gasteiger charge is -2.50. The van der Waals surface area contributed by atoms with Gasteiger partial charge in [-0.3, -0.25) is 4.90 Å². The maximum atomic E-state index is 11.6. The standard InChI is InChI=1S/C14H30N2O2S/c1-6-14(5)12-16(13(3,4)11-15-14)9-8-10-19(17,18)7-2/h15H,6-12H2,1-5H3. The average Bonchev–Trinajstić information content (AvgIpc) is 2.34. The normalized spacial score (nSPS) is 28.5. The third-order valence-electron chi connectivity index (χ3n) is 4.45. The Kier molecular flexibility index (Phi) is 5.43. The van der Waals surface area contributed by atoms with Crippen molar-refractivity contribution in [2.75, 3.05) is 31.1 Å². The van der Waals surface area contributed by atoms with Crippen LogP contribution in [0.15, 0.2) is 0 Å². The van der Waals surface area contributed by atoms with Gasteiger partial charge in [-0.05, 0) is 40.2 Å². The molecule has 114 valence electrons. The zero-order chi connectivity index (χ0) is 14.7. The summed E-state index contributed by atoms with van der Waals surface area (Å²) < 4.78 is 23.1. The Hall–Kier alpha value is -0.130. The van der Waals surface area contributed by atoms with E-state index in [9.17, 15) is 8.42 Å². The van der Waals surface area contributed by atoms with Crippen LogP contribution in [0.25, 0.3) is 0 Å². The summed E-state index contributed by atoms with van der Waals surface area (Å²) in [6.45, 7) is 13.4. The molecule has 1 N–H and O–H groups in total. The van der Waals surface area contributed by atoms with Crippen molar-refractivity contribution in [3.05, 3.63) is 0 Å². The smallest absolute Gasteiger partial charge is 0.150 e. The van der Waals surface area contributed by atoms with E-state index in [1.54, 1.807) is 6.92 Å². The fourth-order valence-electron chi connectivity index (χ4n) is 2.47. The van der Waals surface area contributed by atoms with Crippen LogP contribution in [0.2, 0.25) is 0 Å². The van der Waals surface area contributed by atoms with Crippen LogP contribution in [0.5, 0.6) is 0 Å². The minimum Gasteiger partial charge on any atom is -0.308 e. The number of hydrogen-bond donors (Lipinski definition) is 1. The molecule has 19 heavy (non-hydrogen) atoms. The number of hydrogen-bond acceptors (Lipinski definition) is 4. The Bertz CT molecular complexity index is 392. The minimum atomic E-state index is -2.83. The largest absolute Gasteiger partial charge is 0.308 e. The predicted molar refractivity (Wildman–Crippen MR) is 81.3 cm³/mol. The molecule has 0 aliphatic carbocycles. The first-order chi connectivity index (χ1) is 8.64. The summed E-state index contributed by atoms with van der Waals surface area (Å²) in [6, 6.07) is 0. The van der Waals surface area contributed by atoms with Crippen molar-refractivity contribution in [2.45, 2.75) is 58.5 Å². The van der Waals surface area contributed by atoms with Gasteiger partial charge >= 0.3 is 0 Å². The third-order valence-corrected chi connectivity index (χ3v) is 6.24. The van der Waals surface area contributed by atoms with Crippen LogP contribution in [0, 0.1) is 0 Å². The Labute approximate surface area is 118 Å². The van der Waals surface area contributed by atoms with Gasteiger partial charge in [0.15, 0.2) is 0 Å². The molecular formula is C14H30N2O2S. The van der Waals surface area contributed by atoms with E-state index < -0.39 is 9.84 Å². The molecule has 1 heterocycles. The highest BCUT2D eigenvalue weighted by atomic mass is 32.2. The van der Waals surface area contributed by atoms with Gasteiger partial charge in [0.25, 0.3) is 0 Å². The van der Waals surface area contributed by atoms with E-state index in [0.717, 1.165) is 32.5 Å². The van der Waals surface area contributed by atoms with Crippen LogP contribution in [0.4, 0.5) is 0 Å². The van der Waals surface area contributed by atoms with Gasteiger partial charge < -0.3 is 5.32 Å². The zero-order valence-electron chi connectivity index (χ0n) is 13.1. The van der Waals surface area contributed by atoms with E-state index in [1.165, 1.54) is 0 Å². The second-order valence-corrected chi connectivity index (χ2v) is 9.06. The second-order valence-electron chi connectivity index (χ2n) is 6.59. The Morgan fingerprint density at radius 1 is 1.21 bits per heavy atom. The van der Waals surface area contributed by atoms with Gasteiger partial charge in [0, 0.05) is 29.9 Å². The summed E-state index contributed by atoms with van der Waals surface area (Å²) in [5.41, 5.74) is 0.254. The Balaban J connectivity index is 2.58. The van der Waals surface area contributed by atoms with E-state index in [1.807, 2.05) is 0 Å². The molecule has 4 nitrogen and oxygen atoms in total. The van der Waals surface area contributed by atoms with Crippen molar-refractivity contribution in [3.8, 4) is 0 Å². The highest BCUT2D eigenvalue weighted by molar-refractivity contribution is 7.91. The monoisotopic (exact) mass is 290 g/mol. The van der Waals surface area contributed by atoms with Crippen LogP contribution in [0.3, 0.4) is 0 Å². The lowest BCUT2D eigenvalue weighted by molar-refractivity contribution is 0.0316. The predicted octanol–water partition coefficient (Wildman–Crippen LogP) is 1.66. The van der Waals surface area contributed by atoms with Gasteiger partial charge in [0.1, 0.15) is 9.84 Å². The maximum Gasteiger partial charge on any atom is 0.150 e. The van der Waals surface area contributed by atoms with Crippen molar-refractivity contribution in [3.63, 3.8) is 0 Å². The molecule has 0 aromatic carbocycles. The van der Waals surface area contributed by atoms with Gasteiger partial charge in [0.2, 0.25) is 0 Å². The van der Waals surface area contributed by atoms with Crippen LogP contribution >= 0.6 is 0 Å². The molecule has 1 fully saturated rings. The molecule has 0 radical (unpaired) electrons. The molecule has 0 aromatic rings. The van der Waals surface area contributed by atoms with E-state index in [0.29, 0.717) is 5.75 Å². The maximum absolute atomic E-state index is 11.6. The summed E-state index contributed by atoms with van der Waals surface area (Å²) in [7, 11) is -2.83. The number of nitrogens with one attached hydrogen (secondary N) is 1. The van der Waals surface area contributed by atoms with Crippen LogP contribution in [-0.2, 0) is 9.84 Å². The number of rotatable bonds is 6. The van der Waals surface area contributed by atoms with Gasteiger partial charge in [0.05, 0.1) is 5.75 Å². The van der Waals surface area contributed by atoms with E-state index in [4.69, 9.17) is 0 Å². The molecule has 1 aliphatic heterocycles. The number of piperazine rings is 1. The Morgan fingerprint density at radius 3 is 2.37 bits per heavy atom. The van der Waals surface area contributed by atoms with Crippen molar-refractivity contribution in [1.29, 1.82) is 0 Å². The molecule has 0 saturated carbocycles. The first-order valence-corrected chi connectivity index (χ1v) is 9.17. The van der Waals surface area contributed by atoms with Crippen molar-refractivity contribution >= 4 is 9.84 Å². The summed E-state index contributed by atoms with van der Waals surface area (Å²) in [4.78, 5) is 2.44. The molecule has 0 bridgehead atoms. The summed E-state index contributed by atoms with van der Waals surface area (Å²) in [5, 5.41) is 3.62. The topological polar surface area (TPSA) is 49.4 Å². The van der Waals surface area contributed by atoms with Crippen molar-refractivity contribution in [1.82, 2.24) is 10.2 Å². The fraction of sp³-hybridized carbons (Fsp3) is 1.00. The van der Waals surface area contributed by atoms with Crippen molar-refractivity contribution < 1.29 is 8.42 Å². The Morgan fingerprint density at radius 2 is 1.84 bits per heavy atom. The molecule has 0 aromatic heterocycles. The van der Waals surface area contributed by atoms with Crippen LogP contribution < -0.4 is 5.32 Å². The zero-order valence-corrected chi connectivity index (χ0v) is 13.9. The molecule has 1 atom stereocenters. The first kappa shape index (κ1) is 16.9. The first-order valence-electron chi connectivity index (χ1n) is 7.35. The number of sulfone groups is 1. The molecule has 0 amide bonds. The van der Waals surface area contributed by atoms with Gasteiger partial charge in [-0.1, -0.05) is 13.8 Å². The van der Waals surface area contributed by atoms with E-state index in [-0.39, 0.29) is 16.8 Å². The molecule has 0 spiro atoms. The van der Waals surface area contributed by atoms with Gasteiger partial charge in [-0.25, -0.2) is 8.42 Å². The molecule has 1 rings (SSSR count). The molecule has 1 saturated heterocycles. The average molecular weight is 290 g/mol. The van der Waals surface area contributed by atoms with E-state index in [2.05, 4.69) is 37.9 Å². The third kappa shape index (κ3) is 4.72. The summed E-state index contributed by atoms with van der Waals surface area (Å²) >= 11 is 0. The molecular weight excluding hydrogens is 260 g/mol. The summed E-state index contributed by atoms with van der Waals surface area (Å²) in [6.07, 6.45) is 1.83. The highest BCUT2D eigenvalue weighted by Gasteiger charge is 2.38. The molecule has 5 heteroatoms. The SMILES string of the molecule is CCC1(C)CN(CCCS(=O)(=O)CC)C(C)(C)CN1. The van der Waals surface area contributed by atoms with Crippen molar-refractivity contribution in [2.24, 2.45) is 0 Å². The number of nitrogens with zero attached hydrogens (tertiary/aromatic N) is 1. The van der Waals surface area contributed by atoms with Gasteiger partial charge in [-0.15, -0.1) is 0 Å². The van der Waals surface area contributed by atoms with Gasteiger partial charge in [-0.2, -0.15) is 0 Å². The molecule has 1 unspecified atom stereocenters. The molecule has 1 aliphatic rings. The highest BCUT2D eigenvalue weighted by Crippen LogP contribution is 2.25. The van der Waals surface area contributed by atoms with Crippen LogP contribution in [-0.4, -0.2) is 55.5 Å². The lowest BCUT2D eigenvalue weighted by Crippen LogP contribution is -2.67. The minimum absolute atomic E-state index is 0.102. The quantitative estimate of drug-likeness (QED) is 0.808. The second kappa shape index (κ2) is 6.10. The van der Waals surface area contributed by atoms with Crippen LogP contribution in [0.1, 0.15) is 47.5 Å². The lowest BCUT2D eigenvalue weighted by atomic mass is 9.88. The summed E-state index contributed by atoms with van der Waals surface area (Å²) in [5.74, 6) is 0.566. The van der Waals surface area contributed by atoms with E-state index >= 15 is 0 Å².